The molecule has 0 radical (unpaired) electrons. The van der Waals surface area contributed by atoms with Gasteiger partial charge in [0.2, 0.25) is 0 Å². The van der Waals surface area contributed by atoms with Gasteiger partial charge in [-0.05, 0) is 33.0 Å². The van der Waals surface area contributed by atoms with E-state index in [0.717, 1.165) is 13.1 Å². The van der Waals surface area contributed by atoms with E-state index in [-0.39, 0.29) is 11.3 Å². The fourth-order valence-corrected chi connectivity index (χ4v) is 2.49. The van der Waals surface area contributed by atoms with Crippen molar-refractivity contribution in [2.75, 3.05) is 20.2 Å². The topological polar surface area (TPSA) is 32.7 Å². The average Bonchev–Trinajstić information content (AvgIpc) is 2.39. The predicted octanol–water partition coefficient (Wildman–Crippen LogP) is 2.99. The zero-order valence-corrected chi connectivity index (χ0v) is 12.4. The number of hydrogen-bond acceptors (Lipinski definition) is 3. The van der Waals surface area contributed by atoms with E-state index in [1.54, 1.807) is 18.2 Å². The number of nitrogens with zero attached hydrogens (tertiary/aromatic N) is 1. The van der Waals surface area contributed by atoms with Crippen molar-refractivity contribution in [3.05, 3.63) is 29.6 Å². The van der Waals surface area contributed by atoms with Gasteiger partial charge in [-0.15, -0.1) is 0 Å². The summed E-state index contributed by atoms with van der Waals surface area (Å²) in [6, 6.07) is 4.85. The van der Waals surface area contributed by atoms with Gasteiger partial charge in [-0.3, -0.25) is 4.90 Å². The highest BCUT2D eigenvalue weighted by molar-refractivity contribution is 5.33. The van der Waals surface area contributed by atoms with Crippen LogP contribution >= 0.6 is 0 Å². The zero-order chi connectivity index (χ0) is 14.6. The van der Waals surface area contributed by atoms with Gasteiger partial charge >= 0.3 is 0 Å². The first kappa shape index (κ1) is 15.9. The van der Waals surface area contributed by atoms with Crippen LogP contribution in [0.4, 0.5) is 4.39 Å². The van der Waals surface area contributed by atoms with Crippen LogP contribution < -0.4 is 4.74 Å². The van der Waals surface area contributed by atoms with Crippen LogP contribution in [0.1, 0.15) is 39.4 Å². The SMILES string of the molecule is CCN(CC)C(C)(C)C(O)c1cccc(OC)c1F. The summed E-state index contributed by atoms with van der Waals surface area (Å²) in [5, 5.41) is 10.5. The maximum absolute atomic E-state index is 14.2. The molecule has 0 saturated heterocycles. The van der Waals surface area contributed by atoms with Crippen molar-refractivity contribution < 1.29 is 14.2 Å². The minimum atomic E-state index is -0.914. The highest BCUT2D eigenvalue weighted by Gasteiger charge is 2.35. The molecule has 0 bridgehead atoms. The van der Waals surface area contributed by atoms with E-state index >= 15 is 0 Å². The van der Waals surface area contributed by atoms with Crippen LogP contribution in [0.15, 0.2) is 18.2 Å². The lowest BCUT2D eigenvalue weighted by molar-refractivity contribution is -0.00832. The molecular weight excluding hydrogens is 245 g/mol. The van der Waals surface area contributed by atoms with Gasteiger partial charge in [-0.1, -0.05) is 26.0 Å². The number of aliphatic hydroxyl groups excluding tert-OH is 1. The van der Waals surface area contributed by atoms with Crippen LogP contribution in [0, 0.1) is 5.82 Å². The number of hydrogen-bond donors (Lipinski definition) is 1. The highest BCUT2D eigenvalue weighted by atomic mass is 19.1. The van der Waals surface area contributed by atoms with Gasteiger partial charge in [0, 0.05) is 11.1 Å². The third kappa shape index (κ3) is 3.07. The molecule has 0 aliphatic carbocycles. The van der Waals surface area contributed by atoms with Crippen molar-refractivity contribution in [2.24, 2.45) is 0 Å². The van der Waals surface area contributed by atoms with Crippen molar-refractivity contribution in [3.8, 4) is 5.75 Å². The molecule has 1 N–H and O–H groups in total. The van der Waals surface area contributed by atoms with Crippen LogP contribution in [-0.4, -0.2) is 35.7 Å². The monoisotopic (exact) mass is 269 g/mol. The lowest BCUT2D eigenvalue weighted by atomic mass is 9.89. The highest BCUT2D eigenvalue weighted by Crippen LogP contribution is 2.34. The zero-order valence-electron chi connectivity index (χ0n) is 12.4. The molecule has 0 heterocycles. The Bertz CT molecular complexity index is 417. The Hall–Kier alpha value is -1.13. The number of aliphatic hydroxyl groups is 1. The standard InChI is InChI=1S/C15H24FNO2/c1-6-17(7-2)15(3,4)14(18)11-9-8-10-12(19-5)13(11)16/h8-10,14,18H,6-7H2,1-5H3. The smallest absolute Gasteiger partial charge is 0.170 e. The van der Waals surface area contributed by atoms with Crippen LogP contribution in [0.25, 0.3) is 0 Å². The first-order valence-corrected chi connectivity index (χ1v) is 6.65. The summed E-state index contributed by atoms with van der Waals surface area (Å²) in [6.07, 6.45) is -0.914. The molecule has 0 spiro atoms. The second-order valence-corrected chi connectivity index (χ2v) is 5.09. The van der Waals surface area contributed by atoms with Gasteiger partial charge in [0.05, 0.1) is 13.2 Å². The van der Waals surface area contributed by atoms with Gasteiger partial charge in [0.1, 0.15) is 0 Å². The maximum Gasteiger partial charge on any atom is 0.170 e. The number of likely N-dealkylation sites (N-methyl/N-ethyl adjacent to an activating group) is 1. The van der Waals surface area contributed by atoms with Crippen molar-refractivity contribution in [1.82, 2.24) is 4.90 Å². The minimum absolute atomic E-state index is 0.159. The van der Waals surface area contributed by atoms with Crippen LogP contribution in [0.3, 0.4) is 0 Å². The quantitative estimate of drug-likeness (QED) is 0.861. The molecule has 1 rings (SSSR count). The van der Waals surface area contributed by atoms with Crippen LogP contribution in [0.5, 0.6) is 5.75 Å². The van der Waals surface area contributed by atoms with E-state index in [2.05, 4.69) is 4.90 Å². The lowest BCUT2D eigenvalue weighted by Crippen LogP contribution is -2.48. The summed E-state index contributed by atoms with van der Waals surface area (Å²) >= 11 is 0. The van der Waals surface area contributed by atoms with Crippen molar-refractivity contribution in [3.63, 3.8) is 0 Å². The third-order valence-electron chi connectivity index (χ3n) is 3.76. The lowest BCUT2D eigenvalue weighted by Gasteiger charge is -2.41. The second kappa shape index (κ2) is 6.35. The van der Waals surface area contributed by atoms with Gasteiger partial charge in [-0.2, -0.15) is 0 Å². The predicted molar refractivity (Wildman–Crippen MR) is 74.9 cm³/mol. The van der Waals surface area contributed by atoms with E-state index in [1.165, 1.54) is 7.11 Å². The molecule has 1 aromatic rings. The Morgan fingerprint density at radius 1 is 1.32 bits per heavy atom. The third-order valence-corrected chi connectivity index (χ3v) is 3.76. The van der Waals surface area contributed by atoms with Gasteiger partial charge in [0.15, 0.2) is 11.6 Å². The molecule has 4 heteroatoms. The van der Waals surface area contributed by atoms with Gasteiger partial charge in [-0.25, -0.2) is 4.39 Å². The first-order valence-electron chi connectivity index (χ1n) is 6.65. The largest absolute Gasteiger partial charge is 0.494 e. The van der Waals surface area contributed by atoms with E-state index in [4.69, 9.17) is 4.74 Å². The summed E-state index contributed by atoms with van der Waals surface area (Å²) in [7, 11) is 1.42. The fraction of sp³-hybridized carbons (Fsp3) is 0.600. The Kier molecular flexibility index (Phi) is 5.32. The Balaban J connectivity index is 3.15. The minimum Gasteiger partial charge on any atom is -0.494 e. The summed E-state index contributed by atoms with van der Waals surface area (Å²) in [5.41, 5.74) is -0.271. The van der Waals surface area contributed by atoms with E-state index in [9.17, 15) is 9.50 Å². The molecule has 3 nitrogen and oxygen atoms in total. The normalized spacial score (nSPS) is 13.7. The Labute approximate surface area is 115 Å². The fourth-order valence-electron chi connectivity index (χ4n) is 2.49. The first-order chi connectivity index (χ1) is 8.89. The molecule has 19 heavy (non-hydrogen) atoms. The van der Waals surface area contributed by atoms with E-state index in [1.807, 2.05) is 27.7 Å². The van der Waals surface area contributed by atoms with E-state index < -0.39 is 17.5 Å². The number of benzene rings is 1. The molecule has 0 aliphatic heterocycles. The average molecular weight is 269 g/mol. The molecular formula is C15H24FNO2. The van der Waals surface area contributed by atoms with Crippen molar-refractivity contribution in [2.45, 2.75) is 39.3 Å². The number of ether oxygens (including phenoxy) is 1. The number of methoxy groups -OCH3 is 1. The molecule has 0 aromatic heterocycles. The molecule has 0 aliphatic rings. The summed E-state index contributed by atoms with van der Waals surface area (Å²) in [4.78, 5) is 2.11. The Morgan fingerprint density at radius 2 is 1.89 bits per heavy atom. The maximum atomic E-state index is 14.2. The second-order valence-electron chi connectivity index (χ2n) is 5.09. The van der Waals surface area contributed by atoms with E-state index in [0.29, 0.717) is 0 Å². The van der Waals surface area contributed by atoms with Crippen LogP contribution in [0.2, 0.25) is 0 Å². The molecule has 0 amide bonds. The molecule has 108 valence electrons. The number of rotatable bonds is 6. The molecule has 0 fully saturated rings. The van der Waals surface area contributed by atoms with Gasteiger partial charge < -0.3 is 9.84 Å². The molecule has 0 saturated carbocycles. The molecule has 1 atom stereocenters. The Morgan fingerprint density at radius 3 is 2.37 bits per heavy atom. The number of halogens is 1. The van der Waals surface area contributed by atoms with Crippen molar-refractivity contribution >= 4 is 0 Å². The summed E-state index contributed by atoms with van der Waals surface area (Å²) in [6.45, 7) is 9.49. The summed E-state index contributed by atoms with van der Waals surface area (Å²) < 4.78 is 19.2. The summed E-state index contributed by atoms with van der Waals surface area (Å²) in [5.74, 6) is -0.329. The molecule has 1 aromatic carbocycles. The molecule has 1 unspecified atom stereocenters. The van der Waals surface area contributed by atoms with Crippen molar-refractivity contribution in [1.29, 1.82) is 0 Å². The van der Waals surface area contributed by atoms with Crippen LogP contribution in [-0.2, 0) is 0 Å². The van der Waals surface area contributed by atoms with Gasteiger partial charge in [0.25, 0.3) is 0 Å².